The summed E-state index contributed by atoms with van der Waals surface area (Å²) in [5.41, 5.74) is -0.660. The van der Waals surface area contributed by atoms with Crippen LogP contribution in [0.15, 0.2) is 60.7 Å². The van der Waals surface area contributed by atoms with Gasteiger partial charge in [0.05, 0.1) is 6.04 Å². The van der Waals surface area contributed by atoms with Gasteiger partial charge in [0.25, 0.3) is 8.32 Å². The Labute approximate surface area is 198 Å². The summed E-state index contributed by atoms with van der Waals surface area (Å²) in [4.78, 5) is 13.2. The number of nitrogens with zero attached hydrogens (tertiary/aromatic N) is 1. The standard InChI is InChI=1S/C27H38FNO3Si/c1-26(2,3)29(25(30)31)24-18-17-20(19-23(24)28)32-33(27(4,5)6,21-13-9-7-10-14-21)22-15-11-8-12-16-22/h7-16,20,23-24H,17-19H2,1-6H3,(H,30,31). The number of carboxylic acid groups (broad SMARTS) is 1. The molecule has 0 saturated heterocycles. The Balaban J connectivity index is 1.97. The van der Waals surface area contributed by atoms with Crippen LogP contribution in [-0.2, 0) is 4.43 Å². The molecule has 0 radical (unpaired) electrons. The van der Waals surface area contributed by atoms with E-state index in [1.807, 2.05) is 57.2 Å². The van der Waals surface area contributed by atoms with Gasteiger partial charge in [0.1, 0.15) is 6.17 Å². The Bertz CT molecular complexity index is 884. The second-order valence-electron chi connectivity index (χ2n) is 11.1. The molecule has 1 N–H and O–H groups in total. The average molecular weight is 472 g/mol. The van der Waals surface area contributed by atoms with Gasteiger partial charge in [-0.15, -0.1) is 0 Å². The summed E-state index contributed by atoms with van der Waals surface area (Å²) in [5, 5.41) is 11.9. The zero-order valence-electron chi connectivity index (χ0n) is 20.7. The lowest BCUT2D eigenvalue weighted by molar-refractivity contribution is -0.00867. The van der Waals surface area contributed by atoms with E-state index in [0.29, 0.717) is 12.8 Å². The first-order valence-corrected chi connectivity index (χ1v) is 13.7. The van der Waals surface area contributed by atoms with Gasteiger partial charge in [-0.1, -0.05) is 81.4 Å². The van der Waals surface area contributed by atoms with E-state index in [9.17, 15) is 9.90 Å². The number of benzene rings is 2. The van der Waals surface area contributed by atoms with E-state index in [0.717, 1.165) is 0 Å². The summed E-state index contributed by atoms with van der Waals surface area (Å²) in [6.45, 7) is 12.1. The number of amides is 1. The number of alkyl halides is 1. The molecule has 0 heterocycles. The van der Waals surface area contributed by atoms with E-state index in [1.54, 1.807) is 0 Å². The third-order valence-corrected chi connectivity index (χ3v) is 11.8. The first-order valence-electron chi connectivity index (χ1n) is 11.8. The van der Waals surface area contributed by atoms with Crippen molar-refractivity contribution in [2.24, 2.45) is 0 Å². The van der Waals surface area contributed by atoms with E-state index < -0.39 is 32.2 Å². The predicted molar refractivity (Wildman–Crippen MR) is 135 cm³/mol. The fourth-order valence-electron chi connectivity index (χ4n) is 5.33. The Morgan fingerprint density at radius 3 is 1.79 bits per heavy atom. The lowest BCUT2D eigenvalue weighted by Gasteiger charge is -2.48. The molecule has 6 heteroatoms. The molecule has 0 aliphatic heterocycles. The van der Waals surface area contributed by atoms with Crippen molar-refractivity contribution in [2.75, 3.05) is 0 Å². The van der Waals surface area contributed by atoms with Gasteiger partial charge in [0.15, 0.2) is 0 Å². The second-order valence-corrected chi connectivity index (χ2v) is 15.4. The molecule has 1 amide bonds. The summed E-state index contributed by atoms with van der Waals surface area (Å²) >= 11 is 0. The molecular formula is C27H38FNO3Si. The summed E-state index contributed by atoms with van der Waals surface area (Å²) in [7, 11) is -2.77. The van der Waals surface area contributed by atoms with Gasteiger partial charge in [0, 0.05) is 18.1 Å². The first kappa shape index (κ1) is 25.4. The number of carbonyl (C=O) groups is 1. The number of rotatable bonds is 5. The zero-order chi connectivity index (χ0) is 24.4. The largest absolute Gasteiger partial charge is 0.465 e. The minimum Gasteiger partial charge on any atom is -0.465 e. The summed E-state index contributed by atoms with van der Waals surface area (Å²) in [6.07, 6.45) is -1.31. The van der Waals surface area contributed by atoms with Crippen LogP contribution >= 0.6 is 0 Å². The highest BCUT2D eigenvalue weighted by Gasteiger charge is 2.52. The van der Waals surface area contributed by atoms with Crippen LogP contribution in [0.25, 0.3) is 0 Å². The second kappa shape index (κ2) is 9.59. The van der Waals surface area contributed by atoms with Crippen LogP contribution in [0.4, 0.5) is 9.18 Å². The number of hydrogen-bond donors (Lipinski definition) is 1. The maximum atomic E-state index is 15.5. The average Bonchev–Trinajstić information content (AvgIpc) is 2.73. The molecule has 0 aromatic heterocycles. The van der Waals surface area contributed by atoms with E-state index in [2.05, 4.69) is 45.0 Å². The monoisotopic (exact) mass is 471 g/mol. The SMILES string of the molecule is CC(C)(C)N(C(=O)O)C1CCC(O[Si](c2ccccc2)(c2ccccc2)C(C)(C)C)CC1F. The highest BCUT2D eigenvalue weighted by molar-refractivity contribution is 6.99. The topological polar surface area (TPSA) is 49.8 Å². The van der Waals surface area contributed by atoms with Gasteiger partial charge < -0.3 is 9.53 Å². The highest BCUT2D eigenvalue weighted by Crippen LogP contribution is 2.40. The molecule has 33 heavy (non-hydrogen) atoms. The number of hydrogen-bond acceptors (Lipinski definition) is 2. The molecule has 1 saturated carbocycles. The van der Waals surface area contributed by atoms with Crippen LogP contribution in [0.2, 0.25) is 5.04 Å². The van der Waals surface area contributed by atoms with Crippen molar-refractivity contribution in [1.82, 2.24) is 4.90 Å². The van der Waals surface area contributed by atoms with E-state index in [4.69, 9.17) is 4.43 Å². The molecule has 3 unspecified atom stereocenters. The minimum absolute atomic E-state index is 0.184. The molecular weight excluding hydrogens is 433 g/mol. The molecule has 3 rings (SSSR count). The molecule has 1 fully saturated rings. The minimum atomic E-state index is -2.77. The van der Waals surface area contributed by atoms with Gasteiger partial charge in [-0.2, -0.15) is 0 Å². The van der Waals surface area contributed by atoms with Crippen molar-refractivity contribution in [3.05, 3.63) is 60.7 Å². The molecule has 1 aliphatic rings. The zero-order valence-corrected chi connectivity index (χ0v) is 21.7. The Kier molecular flexibility index (Phi) is 7.39. The van der Waals surface area contributed by atoms with Crippen LogP contribution < -0.4 is 10.4 Å². The Morgan fingerprint density at radius 2 is 1.42 bits per heavy atom. The maximum Gasteiger partial charge on any atom is 0.408 e. The van der Waals surface area contributed by atoms with Gasteiger partial charge in [0.2, 0.25) is 0 Å². The molecule has 4 nitrogen and oxygen atoms in total. The van der Waals surface area contributed by atoms with Crippen LogP contribution in [0.5, 0.6) is 0 Å². The lowest BCUT2D eigenvalue weighted by atomic mass is 9.88. The van der Waals surface area contributed by atoms with Gasteiger partial charge in [-0.25, -0.2) is 9.18 Å². The van der Waals surface area contributed by atoms with Gasteiger partial charge in [-0.05, 0) is 49.0 Å². The fourth-order valence-corrected chi connectivity index (χ4v) is 10.1. The third-order valence-electron chi connectivity index (χ3n) is 6.71. The maximum absolute atomic E-state index is 15.5. The smallest absolute Gasteiger partial charge is 0.408 e. The van der Waals surface area contributed by atoms with Crippen molar-refractivity contribution in [3.63, 3.8) is 0 Å². The third kappa shape index (κ3) is 5.17. The van der Waals surface area contributed by atoms with E-state index >= 15 is 4.39 Å². The van der Waals surface area contributed by atoms with Crippen LogP contribution in [0.3, 0.4) is 0 Å². The summed E-state index contributed by atoms with van der Waals surface area (Å²) in [6, 6.07) is 20.1. The molecule has 2 aromatic rings. The normalized spacial score (nSPS) is 22.1. The number of halogens is 1. The molecule has 180 valence electrons. The van der Waals surface area contributed by atoms with Crippen molar-refractivity contribution in [1.29, 1.82) is 0 Å². The fraction of sp³-hybridized carbons (Fsp3) is 0.519. The first-order chi connectivity index (χ1) is 15.4. The van der Waals surface area contributed by atoms with Crippen molar-refractivity contribution >= 4 is 24.8 Å². The van der Waals surface area contributed by atoms with Crippen molar-refractivity contribution in [3.8, 4) is 0 Å². The van der Waals surface area contributed by atoms with Crippen LogP contribution in [0, 0.1) is 0 Å². The summed E-state index contributed by atoms with van der Waals surface area (Å²) < 4.78 is 22.6. The van der Waals surface area contributed by atoms with Crippen LogP contribution in [0.1, 0.15) is 60.8 Å². The van der Waals surface area contributed by atoms with Gasteiger partial charge in [-0.3, -0.25) is 4.90 Å². The lowest BCUT2D eigenvalue weighted by Crippen LogP contribution is -2.68. The van der Waals surface area contributed by atoms with Crippen LogP contribution in [-0.4, -0.2) is 48.3 Å². The Morgan fingerprint density at radius 1 is 0.939 bits per heavy atom. The highest BCUT2D eigenvalue weighted by atomic mass is 28.4. The quantitative estimate of drug-likeness (QED) is 0.578. The molecule has 3 atom stereocenters. The molecule has 0 spiro atoms. The summed E-state index contributed by atoms with van der Waals surface area (Å²) in [5.74, 6) is 0. The van der Waals surface area contributed by atoms with E-state index in [-0.39, 0.29) is 17.6 Å². The molecule has 1 aliphatic carbocycles. The van der Waals surface area contributed by atoms with Gasteiger partial charge >= 0.3 is 6.09 Å². The Hall–Kier alpha value is -2.18. The predicted octanol–water partition coefficient (Wildman–Crippen LogP) is 5.60. The van der Waals surface area contributed by atoms with Crippen molar-refractivity contribution < 1.29 is 18.7 Å². The molecule has 0 bridgehead atoms. The van der Waals surface area contributed by atoms with E-state index in [1.165, 1.54) is 15.3 Å². The molecule has 2 aromatic carbocycles. The van der Waals surface area contributed by atoms with Crippen molar-refractivity contribution in [2.45, 2.75) is 89.7 Å².